The van der Waals surface area contributed by atoms with Crippen molar-refractivity contribution >= 4 is 11.8 Å². The van der Waals surface area contributed by atoms with Gasteiger partial charge in [-0.1, -0.05) is 76.2 Å². The maximum atomic E-state index is 14.0. The molecule has 10 nitrogen and oxygen atoms in total. The molecule has 0 aliphatic rings. The Kier molecular flexibility index (Phi) is 13.3. The van der Waals surface area contributed by atoms with E-state index in [1.54, 1.807) is 126 Å². The van der Waals surface area contributed by atoms with Crippen molar-refractivity contribution in [1.82, 2.24) is 10.6 Å². The normalized spacial score (nSPS) is 12.9. The third-order valence-corrected chi connectivity index (χ3v) is 9.36. The minimum Gasteiger partial charge on any atom is -0.497 e. The van der Waals surface area contributed by atoms with Crippen LogP contribution in [-0.4, -0.2) is 62.6 Å². The van der Waals surface area contributed by atoms with Crippen molar-refractivity contribution in [2.24, 2.45) is 11.8 Å². The van der Waals surface area contributed by atoms with E-state index in [1.165, 1.54) is 0 Å². The topological polar surface area (TPSA) is 136 Å². The van der Waals surface area contributed by atoms with Gasteiger partial charge in [0.1, 0.15) is 34.2 Å². The summed E-state index contributed by atoms with van der Waals surface area (Å²) in [5, 5.41) is 31.3. The molecule has 0 saturated carbocycles. The molecule has 0 spiro atoms. The van der Waals surface area contributed by atoms with Gasteiger partial charge in [0.25, 0.3) is 0 Å². The lowest BCUT2D eigenvalue weighted by Gasteiger charge is -2.40. The molecule has 0 radical (unpaired) electrons. The number of ether oxygens (including phenoxy) is 4. The number of benzene rings is 4. The Hall–Kier alpha value is -5.06. The molecule has 2 amide bonds. The van der Waals surface area contributed by atoms with Crippen LogP contribution in [0.2, 0.25) is 0 Å². The predicted molar refractivity (Wildman–Crippen MR) is 201 cm³/mol. The summed E-state index contributed by atoms with van der Waals surface area (Å²) in [5.74, 6) is 0.521. The van der Waals surface area contributed by atoms with E-state index in [-0.39, 0.29) is 11.8 Å². The molecule has 0 aromatic heterocycles. The summed E-state index contributed by atoms with van der Waals surface area (Å²) in [6.45, 7) is 7.91. The molecule has 0 aliphatic heterocycles. The summed E-state index contributed by atoms with van der Waals surface area (Å²) in [5.41, 5.74) is -1.54. The SMILES string of the molecule is COc1ccc(C(O)(c2ccc(OC)cc2)C(CC(C)C)NC(=O)C(=O)NC(CC(C)C)C(O)(c2ccc(OC)cc2)c2ccc(OC)cc2)cc1. The molecule has 4 rings (SSSR count). The van der Waals surface area contributed by atoms with Crippen LogP contribution >= 0.6 is 0 Å². The molecule has 0 aliphatic carbocycles. The van der Waals surface area contributed by atoms with E-state index in [9.17, 15) is 19.8 Å². The van der Waals surface area contributed by atoms with E-state index in [1.807, 2.05) is 27.7 Å². The molecular weight excluding hydrogens is 660 g/mol. The van der Waals surface area contributed by atoms with Crippen LogP contribution in [0.5, 0.6) is 23.0 Å². The number of nitrogens with one attached hydrogen (secondary N) is 2. The Balaban J connectivity index is 1.76. The first-order valence-electron chi connectivity index (χ1n) is 17.4. The number of rotatable bonds is 16. The highest BCUT2D eigenvalue weighted by Crippen LogP contribution is 2.39. The van der Waals surface area contributed by atoms with Gasteiger partial charge in [-0.2, -0.15) is 0 Å². The van der Waals surface area contributed by atoms with E-state index < -0.39 is 35.1 Å². The van der Waals surface area contributed by atoms with Crippen molar-refractivity contribution in [3.63, 3.8) is 0 Å². The summed E-state index contributed by atoms with van der Waals surface area (Å²) in [6.07, 6.45) is 0.648. The maximum Gasteiger partial charge on any atom is 0.309 e. The molecule has 52 heavy (non-hydrogen) atoms. The molecule has 2 atom stereocenters. The second kappa shape index (κ2) is 17.4. The minimum absolute atomic E-state index is 0.0142. The van der Waals surface area contributed by atoms with E-state index >= 15 is 0 Å². The first-order chi connectivity index (χ1) is 24.8. The molecule has 4 aromatic rings. The number of methoxy groups -OCH3 is 4. The maximum absolute atomic E-state index is 14.0. The molecule has 4 aromatic carbocycles. The fraction of sp³-hybridized carbons (Fsp3) is 0.381. The lowest BCUT2D eigenvalue weighted by atomic mass is 9.76. The Bertz CT molecular complexity index is 1510. The summed E-state index contributed by atoms with van der Waals surface area (Å²) in [7, 11) is 6.23. The summed E-state index contributed by atoms with van der Waals surface area (Å²) in [6, 6.07) is 25.9. The van der Waals surface area contributed by atoms with Crippen LogP contribution in [0, 0.1) is 11.8 Å². The van der Waals surface area contributed by atoms with Crippen LogP contribution in [0.15, 0.2) is 97.1 Å². The molecule has 2 unspecified atom stereocenters. The van der Waals surface area contributed by atoms with E-state index in [0.717, 1.165) is 0 Å². The first-order valence-corrected chi connectivity index (χ1v) is 17.4. The number of amides is 2. The van der Waals surface area contributed by atoms with Crippen molar-refractivity contribution in [3.05, 3.63) is 119 Å². The van der Waals surface area contributed by atoms with Crippen molar-refractivity contribution in [2.75, 3.05) is 28.4 Å². The van der Waals surface area contributed by atoms with Crippen molar-refractivity contribution in [3.8, 4) is 23.0 Å². The molecule has 10 heteroatoms. The van der Waals surface area contributed by atoms with Crippen LogP contribution in [0.25, 0.3) is 0 Å². The minimum atomic E-state index is -1.76. The largest absolute Gasteiger partial charge is 0.497 e. The van der Waals surface area contributed by atoms with Gasteiger partial charge in [-0.15, -0.1) is 0 Å². The number of carbonyl (C=O) groups excluding carboxylic acids is 2. The van der Waals surface area contributed by atoms with Crippen LogP contribution in [0.4, 0.5) is 0 Å². The van der Waals surface area contributed by atoms with E-state index in [4.69, 9.17) is 18.9 Å². The van der Waals surface area contributed by atoms with Gasteiger partial charge in [-0.3, -0.25) is 9.59 Å². The molecule has 0 fully saturated rings. The highest BCUT2D eigenvalue weighted by molar-refractivity contribution is 6.35. The van der Waals surface area contributed by atoms with Crippen molar-refractivity contribution in [1.29, 1.82) is 0 Å². The van der Waals surface area contributed by atoms with Crippen LogP contribution in [0.3, 0.4) is 0 Å². The van der Waals surface area contributed by atoms with Crippen LogP contribution in [-0.2, 0) is 20.8 Å². The van der Waals surface area contributed by atoms with Crippen LogP contribution < -0.4 is 29.6 Å². The van der Waals surface area contributed by atoms with E-state index in [0.29, 0.717) is 58.1 Å². The van der Waals surface area contributed by atoms with Gasteiger partial charge < -0.3 is 39.8 Å². The monoisotopic (exact) mass is 712 g/mol. The first kappa shape index (κ1) is 39.7. The van der Waals surface area contributed by atoms with Gasteiger partial charge in [0.15, 0.2) is 0 Å². The second-order valence-corrected chi connectivity index (χ2v) is 13.8. The second-order valence-electron chi connectivity index (χ2n) is 13.8. The summed E-state index contributed by atoms with van der Waals surface area (Å²) in [4.78, 5) is 28.1. The van der Waals surface area contributed by atoms with Gasteiger partial charge in [-0.05, 0) is 95.5 Å². The molecule has 0 heterocycles. The Morgan fingerprint density at radius 3 is 0.865 bits per heavy atom. The Labute approximate surface area is 307 Å². The highest BCUT2D eigenvalue weighted by atomic mass is 16.5. The van der Waals surface area contributed by atoms with Crippen molar-refractivity contribution in [2.45, 2.75) is 63.8 Å². The quantitative estimate of drug-likeness (QED) is 0.105. The van der Waals surface area contributed by atoms with Gasteiger partial charge in [0.05, 0.1) is 40.5 Å². The number of aliphatic hydroxyl groups is 2. The molecule has 4 N–H and O–H groups in total. The van der Waals surface area contributed by atoms with Crippen LogP contribution in [0.1, 0.15) is 62.8 Å². The van der Waals surface area contributed by atoms with E-state index in [2.05, 4.69) is 10.6 Å². The third kappa shape index (κ3) is 8.86. The summed E-state index contributed by atoms with van der Waals surface area (Å²) >= 11 is 0. The molecule has 278 valence electrons. The number of hydrogen-bond donors (Lipinski definition) is 4. The summed E-state index contributed by atoms with van der Waals surface area (Å²) < 4.78 is 21.5. The number of hydrogen-bond acceptors (Lipinski definition) is 8. The standard InChI is InChI=1S/C42H52N2O8/c1-27(2)25-37(41(47,29-9-17-33(49-5)18-10-29)30-11-19-34(50-6)20-12-30)43-39(45)40(46)44-38(26-28(3)4)42(48,31-13-21-35(51-7)22-14-31)32-15-23-36(52-8)24-16-32/h9-24,27-28,37-38,47-48H,25-26H2,1-8H3,(H,43,45)(H,44,46). The zero-order valence-electron chi connectivity index (χ0n) is 31.3. The number of carbonyl (C=O) groups is 2. The van der Waals surface area contributed by atoms with Gasteiger partial charge >= 0.3 is 11.8 Å². The third-order valence-electron chi connectivity index (χ3n) is 9.36. The van der Waals surface area contributed by atoms with Gasteiger partial charge in [0.2, 0.25) is 0 Å². The lowest BCUT2D eigenvalue weighted by Crippen LogP contribution is -2.58. The fourth-order valence-electron chi connectivity index (χ4n) is 6.58. The molecular formula is C42H52N2O8. The zero-order valence-corrected chi connectivity index (χ0v) is 31.3. The smallest absolute Gasteiger partial charge is 0.309 e. The average Bonchev–Trinajstić information content (AvgIpc) is 3.16. The highest BCUT2D eigenvalue weighted by Gasteiger charge is 2.45. The molecule has 0 bridgehead atoms. The zero-order chi connectivity index (χ0) is 38.1. The molecule has 0 saturated heterocycles. The van der Waals surface area contributed by atoms with Gasteiger partial charge in [0, 0.05) is 0 Å². The average molecular weight is 713 g/mol. The predicted octanol–water partition coefficient (Wildman–Crippen LogP) is 5.95. The Morgan fingerprint density at radius 1 is 0.481 bits per heavy atom. The Morgan fingerprint density at radius 2 is 0.692 bits per heavy atom. The fourth-order valence-corrected chi connectivity index (χ4v) is 6.58. The lowest BCUT2D eigenvalue weighted by molar-refractivity contribution is -0.142. The van der Waals surface area contributed by atoms with Crippen molar-refractivity contribution < 1.29 is 38.7 Å². The van der Waals surface area contributed by atoms with Gasteiger partial charge in [-0.25, -0.2) is 0 Å².